The van der Waals surface area contributed by atoms with Crippen molar-refractivity contribution < 1.29 is 13.2 Å². The van der Waals surface area contributed by atoms with Crippen LogP contribution in [0.1, 0.15) is 12.8 Å². The van der Waals surface area contributed by atoms with E-state index in [-0.39, 0.29) is 31.9 Å². The molecule has 1 aromatic rings. The lowest BCUT2D eigenvalue weighted by molar-refractivity contribution is -0.179. The Labute approximate surface area is 112 Å². The minimum Gasteiger partial charge on any atom is -0.368 e. The van der Waals surface area contributed by atoms with Crippen LogP contribution in [0, 0.1) is 5.92 Å². The molecule has 2 rings (SSSR count). The van der Waals surface area contributed by atoms with E-state index in [4.69, 9.17) is 5.73 Å². The number of nitrogens with two attached hydrogens (primary N) is 1. The maximum atomic E-state index is 12.6. The highest BCUT2D eigenvalue weighted by molar-refractivity contribution is 7.98. The number of aromatic nitrogens is 3. The Kier molecular flexibility index (Phi) is 4.02. The van der Waals surface area contributed by atoms with E-state index in [1.54, 1.807) is 11.2 Å². The van der Waals surface area contributed by atoms with E-state index in [1.165, 1.54) is 11.8 Å². The monoisotopic (exact) mass is 293 g/mol. The Balaban J connectivity index is 2.07. The zero-order chi connectivity index (χ0) is 14.0. The predicted octanol–water partition coefficient (Wildman–Crippen LogP) is 1.95. The minimum atomic E-state index is -4.12. The molecule has 2 N–H and O–H groups in total. The van der Waals surface area contributed by atoms with Crippen molar-refractivity contribution >= 4 is 23.7 Å². The first-order valence-corrected chi connectivity index (χ1v) is 7.00. The van der Waals surface area contributed by atoms with Crippen LogP contribution in [0.25, 0.3) is 0 Å². The maximum absolute atomic E-state index is 12.6. The summed E-state index contributed by atoms with van der Waals surface area (Å²) in [5.74, 6) is -0.785. The van der Waals surface area contributed by atoms with Crippen molar-refractivity contribution in [3.05, 3.63) is 0 Å². The van der Waals surface area contributed by atoms with Crippen LogP contribution in [0.4, 0.5) is 25.1 Å². The Hall–Kier alpha value is -1.25. The molecule has 9 heteroatoms. The summed E-state index contributed by atoms with van der Waals surface area (Å²) in [5, 5.41) is 0.473. The van der Waals surface area contributed by atoms with E-state index in [0.717, 1.165) is 0 Å². The zero-order valence-electron chi connectivity index (χ0n) is 10.3. The van der Waals surface area contributed by atoms with Gasteiger partial charge in [-0.2, -0.15) is 28.1 Å². The first-order chi connectivity index (χ1) is 8.90. The number of nitrogen functional groups attached to an aromatic ring is 1. The molecular formula is C10H14F3N5S. The number of halogens is 3. The SMILES string of the molecule is CSc1nc(N)nc(N2CCC(C(F)(F)F)CC2)n1. The first kappa shape index (κ1) is 14.2. The molecule has 0 aromatic carbocycles. The van der Waals surface area contributed by atoms with Gasteiger partial charge in [0.2, 0.25) is 11.9 Å². The highest BCUT2D eigenvalue weighted by Gasteiger charge is 2.41. The number of nitrogens with zero attached hydrogens (tertiary/aromatic N) is 4. The number of hydrogen-bond acceptors (Lipinski definition) is 6. The summed E-state index contributed by atoms with van der Waals surface area (Å²) >= 11 is 1.32. The Morgan fingerprint density at radius 3 is 2.37 bits per heavy atom. The lowest BCUT2D eigenvalue weighted by Gasteiger charge is -2.32. The molecule has 1 saturated heterocycles. The van der Waals surface area contributed by atoms with E-state index in [2.05, 4.69) is 15.0 Å². The number of thioether (sulfide) groups is 1. The maximum Gasteiger partial charge on any atom is 0.391 e. The number of anilines is 2. The van der Waals surface area contributed by atoms with E-state index in [9.17, 15) is 13.2 Å². The molecule has 1 aliphatic heterocycles. The second-order valence-electron chi connectivity index (χ2n) is 4.28. The van der Waals surface area contributed by atoms with Crippen LogP contribution in [-0.4, -0.2) is 40.5 Å². The standard InChI is InChI=1S/C10H14F3N5S/c1-19-9-16-7(14)15-8(17-9)18-4-2-6(3-5-18)10(11,12)13/h6H,2-5H2,1H3,(H2,14,15,16,17). The van der Waals surface area contributed by atoms with Crippen molar-refractivity contribution in [2.45, 2.75) is 24.2 Å². The van der Waals surface area contributed by atoms with Gasteiger partial charge in [0.1, 0.15) is 0 Å². The zero-order valence-corrected chi connectivity index (χ0v) is 11.1. The number of alkyl halides is 3. The van der Waals surface area contributed by atoms with Gasteiger partial charge in [0.05, 0.1) is 5.92 Å². The highest BCUT2D eigenvalue weighted by Crippen LogP contribution is 2.34. The normalized spacial score (nSPS) is 17.8. The smallest absolute Gasteiger partial charge is 0.368 e. The lowest BCUT2D eigenvalue weighted by atomic mass is 9.96. The molecule has 0 radical (unpaired) electrons. The van der Waals surface area contributed by atoms with Gasteiger partial charge in [-0.15, -0.1) is 0 Å². The fourth-order valence-corrected chi connectivity index (χ4v) is 2.36. The summed E-state index contributed by atoms with van der Waals surface area (Å²) in [6.07, 6.45) is -2.20. The number of piperidine rings is 1. The lowest BCUT2D eigenvalue weighted by Crippen LogP contribution is -2.39. The quantitative estimate of drug-likeness (QED) is 0.841. The molecule has 2 heterocycles. The van der Waals surface area contributed by atoms with Crippen LogP contribution in [0.15, 0.2) is 5.16 Å². The van der Waals surface area contributed by atoms with E-state index in [0.29, 0.717) is 11.1 Å². The minimum absolute atomic E-state index is 0.0592. The van der Waals surface area contributed by atoms with Crippen LogP contribution >= 0.6 is 11.8 Å². The summed E-state index contributed by atoms with van der Waals surface area (Å²) in [6, 6.07) is 0. The molecule has 0 saturated carbocycles. The van der Waals surface area contributed by atoms with Gasteiger partial charge in [-0.1, -0.05) is 11.8 Å². The second-order valence-corrected chi connectivity index (χ2v) is 5.06. The summed E-state index contributed by atoms with van der Waals surface area (Å²) in [5.41, 5.74) is 5.56. The summed E-state index contributed by atoms with van der Waals surface area (Å²) in [6.45, 7) is 0.558. The van der Waals surface area contributed by atoms with Gasteiger partial charge < -0.3 is 10.6 Å². The van der Waals surface area contributed by atoms with Gasteiger partial charge in [0.25, 0.3) is 0 Å². The van der Waals surface area contributed by atoms with E-state index >= 15 is 0 Å². The van der Waals surface area contributed by atoms with Gasteiger partial charge in [0, 0.05) is 13.1 Å². The largest absolute Gasteiger partial charge is 0.391 e. The van der Waals surface area contributed by atoms with Crippen LogP contribution in [0.5, 0.6) is 0 Å². The molecule has 1 aromatic heterocycles. The van der Waals surface area contributed by atoms with Crippen molar-refractivity contribution in [3.8, 4) is 0 Å². The average Bonchev–Trinajstić information content (AvgIpc) is 2.37. The molecule has 0 bridgehead atoms. The Morgan fingerprint density at radius 2 is 1.84 bits per heavy atom. The molecule has 0 spiro atoms. The van der Waals surface area contributed by atoms with E-state index in [1.807, 2.05) is 0 Å². The number of hydrogen-bond donors (Lipinski definition) is 1. The van der Waals surface area contributed by atoms with E-state index < -0.39 is 12.1 Å². The summed E-state index contributed by atoms with van der Waals surface area (Å²) < 4.78 is 37.7. The third-order valence-electron chi connectivity index (χ3n) is 3.04. The predicted molar refractivity (Wildman–Crippen MR) is 67.0 cm³/mol. The van der Waals surface area contributed by atoms with Gasteiger partial charge in [-0.05, 0) is 19.1 Å². The van der Waals surface area contributed by atoms with Gasteiger partial charge >= 0.3 is 6.18 Å². The summed E-state index contributed by atoms with van der Waals surface area (Å²) in [7, 11) is 0. The molecule has 1 aliphatic rings. The first-order valence-electron chi connectivity index (χ1n) is 5.77. The molecule has 0 aliphatic carbocycles. The molecular weight excluding hydrogens is 279 g/mol. The molecule has 1 fully saturated rings. The van der Waals surface area contributed by atoms with Crippen LogP contribution < -0.4 is 10.6 Å². The molecule has 0 amide bonds. The third-order valence-corrected chi connectivity index (χ3v) is 3.59. The van der Waals surface area contributed by atoms with Crippen LogP contribution in [-0.2, 0) is 0 Å². The summed E-state index contributed by atoms with van der Waals surface area (Å²) in [4.78, 5) is 13.8. The van der Waals surface area contributed by atoms with Crippen molar-refractivity contribution in [1.82, 2.24) is 15.0 Å². The van der Waals surface area contributed by atoms with Crippen LogP contribution in [0.2, 0.25) is 0 Å². The van der Waals surface area contributed by atoms with Crippen LogP contribution in [0.3, 0.4) is 0 Å². The van der Waals surface area contributed by atoms with Gasteiger partial charge in [0.15, 0.2) is 5.16 Å². The molecule has 106 valence electrons. The molecule has 19 heavy (non-hydrogen) atoms. The average molecular weight is 293 g/mol. The molecule has 0 atom stereocenters. The third kappa shape index (κ3) is 3.40. The second kappa shape index (κ2) is 5.40. The topological polar surface area (TPSA) is 67.9 Å². The highest BCUT2D eigenvalue weighted by atomic mass is 32.2. The molecule has 0 unspecified atom stereocenters. The van der Waals surface area contributed by atoms with Crippen molar-refractivity contribution in [1.29, 1.82) is 0 Å². The van der Waals surface area contributed by atoms with Gasteiger partial charge in [-0.3, -0.25) is 0 Å². The number of rotatable bonds is 2. The van der Waals surface area contributed by atoms with Crippen molar-refractivity contribution in [2.24, 2.45) is 5.92 Å². The van der Waals surface area contributed by atoms with Crippen molar-refractivity contribution in [2.75, 3.05) is 30.0 Å². The van der Waals surface area contributed by atoms with Gasteiger partial charge in [-0.25, -0.2) is 0 Å². The molecule has 5 nitrogen and oxygen atoms in total. The fraction of sp³-hybridized carbons (Fsp3) is 0.700. The fourth-order valence-electron chi connectivity index (χ4n) is 2.00. The van der Waals surface area contributed by atoms with Crippen molar-refractivity contribution in [3.63, 3.8) is 0 Å². The Bertz CT molecular complexity index is 445. The Morgan fingerprint density at radius 1 is 1.21 bits per heavy atom.